The molecule has 0 fully saturated rings. The Morgan fingerprint density at radius 3 is 2.58 bits per heavy atom. The van der Waals surface area contributed by atoms with E-state index >= 15 is 0 Å². The van der Waals surface area contributed by atoms with E-state index in [4.69, 9.17) is 0 Å². The first-order valence-electron chi connectivity index (χ1n) is 7.52. The van der Waals surface area contributed by atoms with Crippen molar-refractivity contribution in [1.29, 1.82) is 0 Å². The number of aryl methyl sites for hydroxylation is 1. The fourth-order valence-corrected chi connectivity index (χ4v) is 2.77. The molecule has 0 saturated heterocycles. The average Bonchev–Trinajstić information content (AvgIpc) is 3.06. The van der Waals surface area contributed by atoms with Gasteiger partial charge >= 0.3 is 0 Å². The summed E-state index contributed by atoms with van der Waals surface area (Å²) in [5, 5.41) is 7.37. The average molecular weight is 324 g/mol. The standard InChI is InChI=1S/C18H14F2N4/c1-11-2-4-12(5-3-11)17-9-16(23-18-21-10-22-24(17)18)13-6-7-14(19)15(20)8-13/h2-10,17H,1H3,(H,21,22,23). The van der Waals surface area contributed by atoms with E-state index in [1.54, 1.807) is 4.68 Å². The molecule has 0 aliphatic carbocycles. The van der Waals surface area contributed by atoms with Crippen molar-refractivity contribution in [3.63, 3.8) is 0 Å². The Morgan fingerprint density at radius 2 is 1.83 bits per heavy atom. The number of halogens is 2. The highest BCUT2D eigenvalue weighted by Gasteiger charge is 2.23. The molecule has 0 saturated carbocycles. The van der Waals surface area contributed by atoms with Gasteiger partial charge in [0.05, 0.1) is 0 Å². The van der Waals surface area contributed by atoms with Gasteiger partial charge in [-0.25, -0.2) is 13.5 Å². The Balaban J connectivity index is 1.81. The van der Waals surface area contributed by atoms with E-state index in [0.717, 1.165) is 17.2 Å². The van der Waals surface area contributed by atoms with Gasteiger partial charge in [-0.3, -0.25) is 0 Å². The minimum Gasteiger partial charge on any atom is -0.324 e. The summed E-state index contributed by atoms with van der Waals surface area (Å²) in [6, 6.07) is 11.8. The molecule has 1 aliphatic rings. The Hall–Kier alpha value is -3.02. The molecule has 4 rings (SSSR count). The number of rotatable bonds is 2. The summed E-state index contributed by atoms with van der Waals surface area (Å²) in [7, 11) is 0. The maximum Gasteiger partial charge on any atom is 0.226 e. The van der Waals surface area contributed by atoms with Gasteiger partial charge in [0.2, 0.25) is 5.95 Å². The van der Waals surface area contributed by atoms with Crippen LogP contribution in [0.2, 0.25) is 0 Å². The topological polar surface area (TPSA) is 42.7 Å². The number of benzene rings is 2. The zero-order valence-corrected chi connectivity index (χ0v) is 12.9. The van der Waals surface area contributed by atoms with E-state index < -0.39 is 11.6 Å². The molecule has 0 spiro atoms. The van der Waals surface area contributed by atoms with Gasteiger partial charge in [0, 0.05) is 11.3 Å². The summed E-state index contributed by atoms with van der Waals surface area (Å²) in [6.45, 7) is 2.02. The molecular formula is C18H14F2N4. The van der Waals surface area contributed by atoms with Crippen molar-refractivity contribution in [3.8, 4) is 0 Å². The number of hydrogen-bond acceptors (Lipinski definition) is 3. The van der Waals surface area contributed by atoms with E-state index in [9.17, 15) is 8.78 Å². The van der Waals surface area contributed by atoms with Crippen LogP contribution in [0, 0.1) is 18.6 Å². The molecule has 0 radical (unpaired) electrons. The second kappa shape index (κ2) is 5.56. The van der Waals surface area contributed by atoms with Gasteiger partial charge in [0.15, 0.2) is 11.6 Å². The number of anilines is 1. The molecule has 120 valence electrons. The number of aromatic nitrogens is 3. The zero-order valence-electron chi connectivity index (χ0n) is 12.9. The SMILES string of the molecule is Cc1ccc(C2C=C(c3ccc(F)c(F)c3)Nc3ncnn32)cc1. The third kappa shape index (κ3) is 2.46. The summed E-state index contributed by atoms with van der Waals surface area (Å²) in [4.78, 5) is 4.20. The monoisotopic (exact) mass is 324 g/mol. The highest BCUT2D eigenvalue weighted by atomic mass is 19.2. The number of hydrogen-bond donors (Lipinski definition) is 1. The number of allylic oxidation sites excluding steroid dienone is 1. The largest absolute Gasteiger partial charge is 0.324 e. The predicted octanol–water partition coefficient (Wildman–Crippen LogP) is 3.92. The minimum absolute atomic E-state index is 0.174. The fourth-order valence-electron chi connectivity index (χ4n) is 2.77. The van der Waals surface area contributed by atoms with Crippen LogP contribution in [-0.2, 0) is 0 Å². The quantitative estimate of drug-likeness (QED) is 0.777. The lowest BCUT2D eigenvalue weighted by Gasteiger charge is -2.24. The molecule has 1 aliphatic heterocycles. The van der Waals surface area contributed by atoms with E-state index in [2.05, 4.69) is 15.4 Å². The third-order valence-corrected chi connectivity index (χ3v) is 4.06. The van der Waals surface area contributed by atoms with Gasteiger partial charge in [-0.15, -0.1) is 0 Å². The van der Waals surface area contributed by atoms with Crippen LogP contribution in [0.5, 0.6) is 0 Å². The first-order valence-corrected chi connectivity index (χ1v) is 7.52. The van der Waals surface area contributed by atoms with E-state index in [-0.39, 0.29) is 6.04 Å². The molecule has 1 aromatic heterocycles. The molecule has 0 amide bonds. The van der Waals surface area contributed by atoms with Crippen molar-refractivity contribution in [3.05, 3.63) is 83.2 Å². The second-order valence-corrected chi connectivity index (χ2v) is 5.72. The van der Waals surface area contributed by atoms with Crippen molar-refractivity contribution in [2.45, 2.75) is 13.0 Å². The number of nitrogens with one attached hydrogen (secondary N) is 1. The van der Waals surface area contributed by atoms with Crippen molar-refractivity contribution in [1.82, 2.24) is 14.8 Å². The lowest BCUT2D eigenvalue weighted by Crippen LogP contribution is -2.20. The van der Waals surface area contributed by atoms with Crippen LogP contribution in [0.25, 0.3) is 5.70 Å². The molecule has 3 aromatic rings. The van der Waals surface area contributed by atoms with Crippen molar-refractivity contribution >= 4 is 11.6 Å². The van der Waals surface area contributed by atoms with Crippen LogP contribution in [0.15, 0.2) is 54.9 Å². The molecule has 1 atom stereocenters. The first-order chi connectivity index (χ1) is 11.6. The van der Waals surface area contributed by atoms with Gasteiger partial charge < -0.3 is 5.32 Å². The van der Waals surface area contributed by atoms with Crippen molar-refractivity contribution in [2.24, 2.45) is 0 Å². The second-order valence-electron chi connectivity index (χ2n) is 5.72. The summed E-state index contributed by atoms with van der Waals surface area (Å²) in [6.07, 6.45) is 3.39. The van der Waals surface area contributed by atoms with Crippen LogP contribution in [0.4, 0.5) is 14.7 Å². The Bertz CT molecular complexity index is 928. The first kappa shape index (κ1) is 14.6. The predicted molar refractivity (Wildman–Crippen MR) is 87.3 cm³/mol. The van der Waals surface area contributed by atoms with Crippen LogP contribution in [0.1, 0.15) is 22.7 Å². The summed E-state index contributed by atoms with van der Waals surface area (Å²) < 4.78 is 28.5. The summed E-state index contributed by atoms with van der Waals surface area (Å²) in [5.74, 6) is -1.19. The fraction of sp³-hybridized carbons (Fsp3) is 0.111. The third-order valence-electron chi connectivity index (χ3n) is 4.06. The van der Waals surface area contributed by atoms with Crippen molar-refractivity contribution < 1.29 is 8.78 Å². The lowest BCUT2D eigenvalue weighted by molar-refractivity contribution is 0.508. The maximum absolute atomic E-state index is 13.6. The summed E-state index contributed by atoms with van der Waals surface area (Å²) >= 11 is 0. The maximum atomic E-state index is 13.6. The molecule has 0 bridgehead atoms. The molecule has 4 nitrogen and oxygen atoms in total. The minimum atomic E-state index is -0.880. The lowest BCUT2D eigenvalue weighted by atomic mass is 10.0. The smallest absolute Gasteiger partial charge is 0.226 e. The van der Waals surface area contributed by atoms with Crippen LogP contribution in [0.3, 0.4) is 0 Å². The molecule has 1 unspecified atom stereocenters. The molecule has 1 N–H and O–H groups in total. The number of fused-ring (bicyclic) bond motifs is 1. The summed E-state index contributed by atoms with van der Waals surface area (Å²) in [5.41, 5.74) is 3.42. The highest BCUT2D eigenvalue weighted by molar-refractivity contribution is 5.77. The Morgan fingerprint density at radius 1 is 1.04 bits per heavy atom. The van der Waals surface area contributed by atoms with Gasteiger partial charge in [-0.2, -0.15) is 10.1 Å². The van der Waals surface area contributed by atoms with Crippen molar-refractivity contribution in [2.75, 3.05) is 5.32 Å². The Kier molecular flexibility index (Phi) is 3.37. The number of nitrogens with zero attached hydrogens (tertiary/aromatic N) is 3. The van der Waals surface area contributed by atoms with Crippen LogP contribution < -0.4 is 5.32 Å². The zero-order chi connectivity index (χ0) is 16.7. The molecule has 2 aromatic carbocycles. The van der Waals surface area contributed by atoms with E-state index in [0.29, 0.717) is 17.2 Å². The molecule has 2 heterocycles. The van der Waals surface area contributed by atoms with Gasteiger partial charge in [0.25, 0.3) is 0 Å². The molecular weight excluding hydrogens is 310 g/mol. The van der Waals surface area contributed by atoms with E-state index in [1.807, 2.05) is 37.3 Å². The van der Waals surface area contributed by atoms with Crippen LogP contribution >= 0.6 is 0 Å². The normalized spacial score (nSPS) is 16.3. The Labute approximate surface area is 137 Å². The van der Waals surface area contributed by atoms with E-state index in [1.165, 1.54) is 18.5 Å². The molecule has 6 heteroatoms. The molecule has 24 heavy (non-hydrogen) atoms. The van der Waals surface area contributed by atoms with Crippen LogP contribution in [-0.4, -0.2) is 14.8 Å². The highest BCUT2D eigenvalue weighted by Crippen LogP contribution is 2.32. The van der Waals surface area contributed by atoms with Gasteiger partial charge in [0.1, 0.15) is 12.4 Å². The van der Waals surface area contributed by atoms with Gasteiger partial charge in [-0.05, 0) is 36.8 Å². The van der Waals surface area contributed by atoms with Gasteiger partial charge in [-0.1, -0.05) is 29.8 Å².